The molecule has 28 heavy (non-hydrogen) atoms. The first-order chi connectivity index (χ1) is 13.6. The minimum absolute atomic E-state index is 0.0930. The number of carbonyl (C=O) groups is 1. The number of H-pyrrole nitrogens is 1. The number of rotatable bonds is 5. The standard InChI is InChI=1S/C21H15BrClN3O2/c22-13-5-8-15(9-6-13)28-12-20(27)24-14-7-10-17(23)16(11-14)21-25-18-3-1-2-4-19(18)26-21/h1-11H,12H2,(H,24,27)(H,25,26). The van der Waals surface area contributed by atoms with E-state index in [1.807, 2.05) is 36.4 Å². The Balaban J connectivity index is 1.48. The van der Waals surface area contributed by atoms with Crippen molar-refractivity contribution in [1.82, 2.24) is 9.97 Å². The van der Waals surface area contributed by atoms with Crippen molar-refractivity contribution in [2.75, 3.05) is 11.9 Å². The number of amides is 1. The number of ether oxygens (including phenoxy) is 1. The van der Waals surface area contributed by atoms with Gasteiger partial charge in [0.2, 0.25) is 0 Å². The fourth-order valence-electron chi connectivity index (χ4n) is 2.74. The molecule has 0 aliphatic carbocycles. The van der Waals surface area contributed by atoms with Crippen molar-refractivity contribution in [2.24, 2.45) is 0 Å². The van der Waals surface area contributed by atoms with Crippen LogP contribution in [0.5, 0.6) is 5.75 Å². The normalized spacial score (nSPS) is 10.8. The molecule has 1 heterocycles. The van der Waals surface area contributed by atoms with Crippen molar-refractivity contribution in [3.8, 4) is 17.1 Å². The quantitative estimate of drug-likeness (QED) is 0.407. The summed E-state index contributed by atoms with van der Waals surface area (Å²) in [7, 11) is 0. The number of para-hydroxylation sites is 2. The van der Waals surface area contributed by atoms with E-state index in [0.717, 1.165) is 15.5 Å². The van der Waals surface area contributed by atoms with E-state index in [9.17, 15) is 4.79 Å². The van der Waals surface area contributed by atoms with Crippen LogP contribution in [0.4, 0.5) is 5.69 Å². The number of carbonyl (C=O) groups excluding carboxylic acids is 1. The third-order valence-corrected chi connectivity index (χ3v) is 4.94. The second-order valence-electron chi connectivity index (χ2n) is 6.09. The SMILES string of the molecule is O=C(COc1ccc(Br)cc1)Nc1ccc(Cl)c(-c2nc3ccccc3[nH]2)c1. The first-order valence-electron chi connectivity index (χ1n) is 8.51. The fourth-order valence-corrected chi connectivity index (χ4v) is 3.21. The van der Waals surface area contributed by atoms with E-state index in [-0.39, 0.29) is 12.5 Å². The highest BCUT2D eigenvalue weighted by Crippen LogP contribution is 2.30. The molecule has 0 unspecified atom stereocenters. The van der Waals surface area contributed by atoms with Gasteiger partial charge in [-0.3, -0.25) is 4.79 Å². The molecule has 140 valence electrons. The number of aromatic amines is 1. The molecule has 0 saturated heterocycles. The van der Waals surface area contributed by atoms with Gasteiger partial charge in [-0.1, -0.05) is 39.7 Å². The van der Waals surface area contributed by atoms with Crippen molar-refractivity contribution in [2.45, 2.75) is 0 Å². The van der Waals surface area contributed by atoms with E-state index in [1.165, 1.54) is 0 Å². The fraction of sp³-hybridized carbons (Fsp3) is 0.0476. The number of halogens is 2. The van der Waals surface area contributed by atoms with Crippen LogP contribution in [0.2, 0.25) is 5.02 Å². The first-order valence-corrected chi connectivity index (χ1v) is 9.68. The minimum atomic E-state index is -0.263. The second-order valence-corrected chi connectivity index (χ2v) is 7.41. The van der Waals surface area contributed by atoms with Crippen LogP contribution in [0, 0.1) is 0 Å². The minimum Gasteiger partial charge on any atom is -0.484 e. The van der Waals surface area contributed by atoms with Crippen LogP contribution in [0.3, 0.4) is 0 Å². The lowest BCUT2D eigenvalue weighted by molar-refractivity contribution is -0.118. The molecule has 4 rings (SSSR count). The molecule has 5 nitrogen and oxygen atoms in total. The van der Waals surface area contributed by atoms with Gasteiger partial charge >= 0.3 is 0 Å². The lowest BCUT2D eigenvalue weighted by Crippen LogP contribution is -2.20. The smallest absolute Gasteiger partial charge is 0.262 e. The molecule has 0 atom stereocenters. The number of anilines is 1. The number of imidazole rings is 1. The zero-order valence-electron chi connectivity index (χ0n) is 14.6. The van der Waals surface area contributed by atoms with E-state index in [0.29, 0.717) is 27.8 Å². The van der Waals surface area contributed by atoms with E-state index >= 15 is 0 Å². The molecule has 0 fully saturated rings. The van der Waals surface area contributed by atoms with Crippen LogP contribution in [-0.4, -0.2) is 22.5 Å². The lowest BCUT2D eigenvalue weighted by atomic mass is 10.2. The zero-order valence-corrected chi connectivity index (χ0v) is 16.9. The Morgan fingerprint density at radius 2 is 1.89 bits per heavy atom. The molecular weight excluding hydrogens is 442 g/mol. The third kappa shape index (κ3) is 4.18. The summed E-state index contributed by atoms with van der Waals surface area (Å²) < 4.78 is 6.44. The number of hydrogen-bond donors (Lipinski definition) is 2. The van der Waals surface area contributed by atoms with Gasteiger partial charge < -0.3 is 15.0 Å². The molecule has 0 aliphatic heterocycles. The molecule has 0 spiro atoms. The number of fused-ring (bicyclic) bond motifs is 1. The number of aromatic nitrogens is 2. The molecule has 1 aromatic heterocycles. The van der Waals surface area contributed by atoms with Crippen LogP contribution in [0.15, 0.2) is 71.2 Å². The Morgan fingerprint density at radius 3 is 2.68 bits per heavy atom. The van der Waals surface area contributed by atoms with Gasteiger partial charge in [0.25, 0.3) is 5.91 Å². The molecule has 1 amide bonds. The predicted octanol–water partition coefficient (Wildman–Crippen LogP) is 5.66. The van der Waals surface area contributed by atoms with Crippen molar-refractivity contribution < 1.29 is 9.53 Å². The van der Waals surface area contributed by atoms with Crippen LogP contribution in [0.1, 0.15) is 0 Å². The third-order valence-electron chi connectivity index (χ3n) is 4.08. The average Bonchev–Trinajstić information content (AvgIpc) is 3.13. The van der Waals surface area contributed by atoms with Gasteiger partial charge in [-0.15, -0.1) is 0 Å². The molecule has 0 radical (unpaired) electrons. The Hall–Kier alpha value is -2.83. The van der Waals surface area contributed by atoms with Gasteiger partial charge in [-0.05, 0) is 54.6 Å². The van der Waals surface area contributed by atoms with Gasteiger partial charge in [0.15, 0.2) is 6.61 Å². The van der Waals surface area contributed by atoms with Crippen molar-refractivity contribution in [3.63, 3.8) is 0 Å². The van der Waals surface area contributed by atoms with Gasteiger partial charge in [-0.2, -0.15) is 0 Å². The molecular formula is C21H15BrClN3O2. The molecule has 0 aliphatic rings. The molecule has 3 aromatic carbocycles. The Bertz CT molecular complexity index is 1110. The maximum absolute atomic E-state index is 12.2. The highest BCUT2D eigenvalue weighted by atomic mass is 79.9. The van der Waals surface area contributed by atoms with Crippen LogP contribution in [-0.2, 0) is 4.79 Å². The summed E-state index contributed by atoms with van der Waals surface area (Å²) in [5, 5.41) is 3.37. The molecule has 0 bridgehead atoms. The zero-order chi connectivity index (χ0) is 19.5. The summed E-state index contributed by atoms with van der Waals surface area (Å²) in [6.45, 7) is -0.0930. The topological polar surface area (TPSA) is 67.0 Å². The lowest BCUT2D eigenvalue weighted by Gasteiger charge is -2.09. The molecule has 7 heteroatoms. The first kappa shape index (κ1) is 18.5. The van der Waals surface area contributed by atoms with Gasteiger partial charge in [-0.25, -0.2) is 4.98 Å². The Morgan fingerprint density at radius 1 is 1.11 bits per heavy atom. The van der Waals surface area contributed by atoms with Crippen LogP contribution >= 0.6 is 27.5 Å². The largest absolute Gasteiger partial charge is 0.484 e. The second kappa shape index (κ2) is 8.04. The molecule has 0 saturated carbocycles. The van der Waals surface area contributed by atoms with Gasteiger partial charge in [0, 0.05) is 15.7 Å². The summed E-state index contributed by atoms with van der Waals surface area (Å²) in [6, 6.07) is 20.3. The van der Waals surface area contributed by atoms with E-state index < -0.39 is 0 Å². The van der Waals surface area contributed by atoms with Crippen molar-refractivity contribution >= 4 is 50.2 Å². The maximum atomic E-state index is 12.2. The van der Waals surface area contributed by atoms with Crippen LogP contribution in [0.25, 0.3) is 22.4 Å². The maximum Gasteiger partial charge on any atom is 0.262 e. The van der Waals surface area contributed by atoms with E-state index in [1.54, 1.807) is 30.3 Å². The summed E-state index contributed by atoms with van der Waals surface area (Å²) in [5.41, 5.74) is 3.10. The summed E-state index contributed by atoms with van der Waals surface area (Å²) in [5.74, 6) is 1.01. The summed E-state index contributed by atoms with van der Waals surface area (Å²) in [4.78, 5) is 20.0. The monoisotopic (exact) mass is 455 g/mol. The van der Waals surface area contributed by atoms with Gasteiger partial charge in [0.1, 0.15) is 11.6 Å². The highest BCUT2D eigenvalue weighted by Gasteiger charge is 2.11. The average molecular weight is 457 g/mol. The van der Waals surface area contributed by atoms with Gasteiger partial charge in [0.05, 0.1) is 16.1 Å². The number of nitrogens with zero attached hydrogens (tertiary/aromatic N) is 1. The summed E-state index contributed by atoms with van der Waals surface area (Å²) in [6.07, 6.45) is 0. The Labute approximate surface area is 174 Å². The number of nitrogens with one attached hydrogen (secondary N) is 2. The number of benzene rings is 3. The van der Waals surface area contributed by atoms with Crippen molar-refractivity contribution in [1.29, 1.82) is 0 Å². The molecule has 2 N–H and O–H groups in total. The predicted molar refractivity (Wildman–Crippen MR) is 115 cm³/mol. The highest BCUT2D eigenvalue weighted by molar-refractivity contribution is 9.10. The summed E-state index contributed by atoms with van der Waals surface area (Å²) >= 11 is 9.71. The number of hydrogen-bond acceptors (Lipinski definition) is 3. The molecule has 4 aromatic rings. The van der Waals surface area contributed by atoms with Crippen LogP contribution < -0.4 is 10.1 Å². The van der Waals surface area contributed by atoms with E-state index in [2.05, 4.69) is 31.2 Å². The Kier molecular flexibility index (Phi) is 5.32. The van der Waals surface area contributed by atoms with E-state index in [4.69, 9.17) is 16.3 Å². The van der Waals surface area contributed by atoms with Crippen molar-refractivity contribution in [3.05, 3.63) is 76.2 Å².